The third kappa shape index (κ3) is 4.81. The van der Waals surface area contributed by atoms with Crippen molar-refractivity contribution in [3.05, 3.63) is 59.7 Å². The number of nitrogens with zero attached hydrogens (tertiary/aromatic N) is 2. The first-order valence-electron chi connectivity index (χ1n) is 9.47. The van der Waals surface area contributed by atoms with Gasteiger partial charge in [-0.1, -0.05) is 49.0 Å². The fourth-order valence-electron chi connectivity index (χ4n) is 3.05. The molecule has 1 saturated heterocycles. The Kier molecular flexibility index (Phi) is 6.52. The summed E-state index contributed by atoms with van der Waals surface area (Å²) in [6, 6.07) is 15.5. The van der Waals surface area contributed by atoms with E-state index in [1.54, 1.807) is 4.90 Å². The maximum atomic E-state index is 12.9. The van der Waals surface area contributed by atoms with Gasteiger partial charge in [-0.2, -0.15) is 0 Å². The van der Waals surface area contributed by atoms with Crippen molar-refractivity contribution in [2.45, 2.75) is 38.9 Å². The van der Waals surface area contributed by atoms with Crippen LogP contribution in [-0.2, 0) is 9.59 Å². The molecule has 1 aliphatic heterocycles. The third-order valence-electron chi connectivity index (χ3n) is 4.48. The number of aryl methyl sites for hydroxylation is 2. The molecule has 1 fully saturated rings. The predicted molar refractivity (Wildman–Crippen MR) is 116 cm³/mol. The van der Waals surface area contributed by atoms with Crippen molar-refractivity contribution in [3.8, 4) is 0 Å². The van der Waals surface area contributed by atoms with Gasteiger partial charge >= 0.3 is 0 Å². The zero-order valence-corrected chi connectivity index (χ0v) is 17.3. The van der Waals surface area contributed by atoms with Gasteiger partial charge in [0.1, 0.15) is 5.25 Å². The molecule has 0 radical (unpaired) electrons. The molecule has 146 valence electrons. The molecule has 0 spiro atoms. The van der Waals surface area contributed by atoms with Crippen LogP contribution in [0.25, 0.3) is 0 Å². The Labute approximate surface area is 170 Å². The number of amidine groups is 1. The molecule has 0 aliphatic carbocycles. The number of benzene rings is 2. The van der Waals surface area contributed by atoms with Gasteiger partial charge in [-0.05, 0) is 49.6 Å². The lowest BCUT2D eigenvalue weighted by atomic mass is 10.2. The molecule has 5 nitrogen and oxygen atoms in total. The maximum Gasteiger partial charge on any atom is 0.242 e. The number of aliphatic imine (C=N–C) groups is 1. The Morgan fingerprint density at radius 1 is 1.18 bits per heavy atom. The van der Waals surface area contributed by atoms with E-state index in [-0.39, 0.29) is 18.2 Å². The summed E-state index contributed by atoms with van der Waals surface area (Å²) < 4.78 is 0. The summed E-state index contributed by atoms with van der Waals surface area (Å²) in [6.45, 7) is 6.59. The molecule has 1 atom stereocenters. The van der Waals surface area contributed by atoms with E-state index in [2.05, 4.69) is 10.3 Å². The quantitative estimate of drug-likeness (QED) is 0.773. The molecule has 28 heavy (non-hydrogen) atoms. The molecule has 0 saturated carbocycles. The molecule has 1 N–H and O–H groups in total. The molecule has 6 heteroatoms. The highest BCUT2D eigenvalue weighted by atomic mass is 32.2. The van der Waals surface area contributed by atoms with Crippen LogP contribution in [0, 0.1) is 13.8 Å². The number of anilines is 1. The van der Waals surface area contributed by atoms with E-state index in [0.29, 0.717) is 11.7 Å². The average molecular weight is 396 g/mol. The summed E-state index contributed by atoms with van der Waals surface area (Å²) in [5.74, 6) is -0.202. The number of hydrogen-bond donors (Lipinski definition) is 1. The maximum absolute atomic E-state index is 12.9. The van der Waals surface area contributed by atoms with Crippen molar-refractivity contribution < 1.29 is 9.59 Å². The Morgan fingerprint density at radius 3 is 2.68 bits per heavy atom. The van der Waals surface area contributed by atoms with Gasteiger partial charge in [0.15, 0.2) is 5.17 Å². The molecule has 3 rings (SSSR count). The first-order valence-corrected chi connectivity index (χ1v) is 10.3. The Balaban J connectivity index is 1.74. The van der Waals surface area contributed by atoms with Crippen molar-refractivity contribution in [2.75, 3.05) is 11.9 Å². The number of amides is 2. The largest absolute Gasteiger partial charge is 0.326 e. The van der Waals surface area contributed by atoms with Gasteiger partial charge < -0.3 is 5.32 Å². The van der Waals surface area contributed by atoms with Gasteiger partial charge in [-0.15, -0.1) is 0 Å². The smallest absolute Gasteiger partial charge is 0.242 e. The minimum Gasteiger partial charge on any atom is -0.326 e. The van der Waals surface area contributed by atoms with Crippen molar-refractivity contribution in [1.82, 2.24) is 4.90 Å². The first kappa shape index (κ1) is 20.1. The zero-order valence-electron chi connectivity index (χ0n) is 16.4. The van der Waals surface area contributed by atoms with E-state index >= 15 is 0 Å². The van der Waals surface area contributed by atoms with E-state index in [4.69, 9.17) is 0 Å². The number of carbonyl (C=O) groups excluding carboxylic acids is 2. The summed E-state index contributed by atoms with van der Waals surface area (Å²) in [7, 11) is 0. The van der Waals surface area contributed by atoms with Crippen LogP contribution in [0.5, 0.6) is 0 Å². The normalized spacial score (nSPS) is 18.0. The van der Waals surface area contributed by atoms with E-state index in [1.807, 2.05) is 69.3 Å². The lowest BCUT2D eigenvalue weighted by Crippen LogP contribution is -2.34. The number of nitrogens with one attached hydrogen (secondary N) is 1. The van der Waals surface area contributed by atoms with Crippen LogP contribution in [0.3, 0.4) is 0 Å². The fourth-order valence-corrected chi connectivity index (χ4v) is 4.23. The van der Waals surface area contributed by atoms with Crippen LogP contribution < -0.4 is 5.32 Å². The molecule has 2 aromatic carbocycles. The molecule has 1 heterocycles. The van der Waals surface area contributed by atoms with Gasteiger partial charge in [0.25, 0.3) is 0 Å². The molecule has 2 aromatic rings. The van der Waals surface area contributed by atoms with E-state index in [0.717, 1.165) is 28.9 Å². The standard InChI is InChI=1S/C22H25N3O2S/c1-4-12-25-21(27)19(14-20(26)24-18-11-6-5-9-16(18)3)28-22(25)23-17-10-7-8-15(2)13-17/h5-11,13,19H,4,12,14H2,1-3H3,(H,24,26)/t19-/m0/s1. The predicted octanol–water partition coefficient (Wildman–Crippen LogP) is 4.67. The number of para-hydroxylation sites is 1. The van der Waals surface area contributed by atoms with Crippen LogP contribution in [0.15, 0.2) is 53.5 Å². The molecular formula is C22H25N3O2S. The van der Waals surface area contributed by atoms with Gasteiger partial charge in [0.05, 0.1) is 5.69 Å². The van der Waals surface area contributed by atoms with Crippen LogP contribution >= 0.6 is 11.8 Å². The number of carbonyl (C=O) groups is 2. The van der Waals surface area contributed by atoms with Gasteiger partial charge in [0, 0.05) is 18.7 Å². The topological polar surface area (TPSA) is 61.8 Å². The first-order chi connectivity index (χ1) is 13.5. The molecule has 0 unspecified atom stereocenters. The summed E-state index contributed by atoms with van der Waals surface area (Å²) in [6.07, 6.45) is 0.964. The SMILES string of the molecule is CCCN1C(=O)[C@H](CC(=O)Nc2ccccc2C)SC1=Nc1cccc(C)c1. The van der Waals surface area contributed by atoms with Crippen LogP contribution in [0.1, 0.15) is 30.9 Å². The Bertz CT molecular complexity index is 910. The molecule has 2 amide bonds. The molecule has 0 bridgehead atoms. The van der Waals surface area contributed by atoms with E-state index in [1.165, 1.54) is 11.8 Å². The highest BCUT2D eigenvalue weighted by Crippen LogP contribution is 2.32. The molecular weight excluding hydrogens is 370 g/mol. The van der Waals surface area contributed by atoms with Crippen LogP contribution in [0.2, 0.25) is 0 Å². The summed E-state index contributed by atoms with van der Waals surface area (Å²) >= 11 is 1.38. The van der Waals surface area contributed by atoms with Crippen molar-refractivity contribution >= 4 is 40.1 Å². The third-order valence-corrected chi connectivity index (χ3v) is 5.66. The Morgan fingerprint density at radius 2 is 1.96 bits per heavy atom. The number of thioether (sulfide) groups is 1. The fraction of sp³-hybridized carbons (Fsp3) is 0.318. The second-order valence-electron chi connectivity index (χ2n) is 6.90. The lowest BCUT2D eigenvalue weighted by molar-refractivity contribution is -0.128. The van der Waals surface area contributed by atoms with Gasteiger partial charge in [-0.25, -0.2) is 4.99 Å². The minimum absolute atomic E-state index is 0.0433. The van der Waals surface area contributed by atoms with E-state index in [9.17, 15) is 9.59 Å². The van der Waals surface area contributed by atoms with Crippen molar-refractivity contribution in [3.63, 3.8) is 0 Å². The van der Waals surface area contributed by atoms with Gasteiger partial charge in [-0.3, -0.25) is 14.5 Å². The monoisotopic (exact) mass is 395 g/mol. The van der Waals surface area contributed by atoms with Gasteiger partial charge in [0.2, 0.25) is 11.8 Å². The summed E-state index contributed by atoms with van der Waals surface area (Å²) in [5, 5.41) is 3.14. The number of hydrogen-bond acceptors (Lipinski definition) is 4. The number of rotatable bonds is 6. The zero-order chi connectivity index (χ0) is 20.1. The lowest BCUT2D eigenvalue weighted by Gasteiger charge is -2.15. The average Bonchev–Trinajstić information content (AvgIpc) is 2.93. The second kappa shape index (κ2) is 9.06. The van der Waals surface area contributed by atoms with Crippen molar-refractivity contribution in [1.29, 1.82) is 0 Å². The van der Waals surface area contributed by atoms with Crippen molar-refractivity contribution in [2.24, 2.45) is 4.99 Å². The molecule has 1 aliphatic rings. The Hall–Kier alpha value is -2.60. The van der Waals surface area contributed by atoms with Crippen LogP contribution in [0.4, 0.5) is 11.4 Å². The highest BCUT2D eigenvalue weighted by Gasteiger charge is 2.38. The second-order valence-corrected chi connectivity index (χ2v) is 8.07. The summed E-state index contributed by atoms with van der Waals surface area (Å²) in [4.78, 5) is 31.8. The van der Waals surface area contributed by atoms with E-state index < -0.39 is 5.25 Å². The molecule has 0 aromatic heterocycles. The minimum atomic E-state index is -0.445. The highest BCUT2D eigenvalue weighted by molar-refractivity contribution is 8.15. The van der Waals surface area contributed by atoms with Crippen LogP contribution in [-0.4, -0.2) is 33.7 Å². The summed E-state index contributed by atoms with van der Waals surface area (Å²) in [5.41, 5.74) is 3.71.